The fraction of sp³-hybridized carbons (Fsp3) is 0.226. The van der Waals surface area contributed by atoms with E-state index in [9.17, 15) is 0 Å². The maximum atomic E-state index is 6.75. The van der Waals surface area contributed by atoms with Gasteiger partial charge in [-0.15, -0.1) is 48.1 Å². The van der Waals surface area contributed by atoms with Crippen molar-refractivity contribution in [2.75, 3.05) is 9.80 Å². The molecule has 9 aromatic rings. The number of rotatable bonds is 9. The summed E-state index contributed by atoms with van der Waals surface area (Å²) in [6.07, 6.45) is 1.94. The molecule has 5 nitrogen and oxygen atoms in total. The van der Waals surface area contributed by atoms with E-state index in [0.29, 0.717) is 11.5 Å². The molecule has 1 aliphatic heterocycles. The smallest absolute Gasteiger partial charge is 0.135 e. The van der Waals surface area contributed by atoms with Crippen LogP contribution in [0.2, 0.25) is 0 Å². The Labute approximate surface area is 417 Å². The van der Waals surface area contributed by atoms with Crippen molar-refractivity contribution in [1.82, 2.24) is 9.55 Å². The van der Waals surface area contributed by atoms with Gasteiger partial charge in [-0.05, 0) is 92.1 Å². The number of hydrogen-bond donors (Lipinski definition) is 0. The van der Waals surface area contributed by atoms with Crippen molar-refractivity contribution in [2.45, 2.75) is 90.9 Å². The summed E-state index contributed by atoms with van der Waals surface area (Å²) in [5.74, 6) is 2.02. The van der Waals surface area contributed by atoms with E-state index in [1.165, 1.54) is 33.4 Å². The third kappa shape index (κ3) is 8.56. The Morgan fingerprint density at radius 1 is 0.471 bits per heavy atom. The number of para-hydroxylation sites is 2. The largest absolute Gasteiger partial charge is 0.509 e. The first-order chi connectivity index (χ1) is 32.0. The quantitative estimate of drug-likeness (QED) is 0.135. The molecule has 7 aromatic carbocycles. The SMILES string of the molecule is CC(C)(C)c1cc(N2[CH-]N(c3[c-]c(Oc4[c-]c5c(cc4)c4ccc(C(C)(C)c6ccccc6)cc4n5-c4cc(C(C)(C)c5ccccc5)ccn4)ccc3)c3ccccc32)cc(C(C)(C)C)c1.[Pt]. The van der Waals surface area contributed by atoms with Gasteiger partial charge in [0.25, 0.3) is 0 Å². The van der Waals surface area contributed by atoms with Gasteiger partial charge < -0.3 is 19.1 Å². The topological polar surface area (TPSA) is 33.5 Å². The minimum Gasteiger partial charge on any atom is -0.509 e. The molecule has 6 heteroatoms. The fourth-order valence-electron chi connectivity index (χ4n) is 9.46. The molecule has 2 aromatic heterocycles. The molecule has 0 atom stereocenters. The van der Waals surface area contributed by atoms with Crippen LogP contribution < -0.4 is 14.5 Å². The number of hydrogen-bond acceptors (Lipinski definition) is 4. The van der Waals surface area contributed by atoms with Crippen LogP contribution in [0.25, 0.3) is 27.6 Å². The molecule has 68 heavy (non-hydrogen) atoms. The van der Waals surface area contributed by atoms with Crippen LogP contribution >= 0.6 is 0 Å². The van der Waals surface area contributed by atoms with Crippen molar-refractivity contribution < 1.29 is 25.8 Å². The molecule has 0 N–H and O–H groups in total. The van der Waals surface area contributed by atoms with Gasteiger partial charge in [-0.2, -0.15) is 12.1 Å². The molecule has 0 radical (unpaired) electrons. The Hall–Kier alpha value is -6.42. The second-order valence-corrected chi connectivity index (χ2v) is 21.2. The number of ether oxygens (including phenoxy) is 1. The van der Waals surface area contributed by atoms with Gasteiger partial charge in [-0.1, -0.05) is 166 Å². The minimum absolute atomic E-state index is 0. The first-order valence-corrected chi connectivity index (χ1v) is 23.4. The van der Waals surface area contributed by atoms with E-state index in [4.69, 9.17) is 9.72 Å². The first kappa shape index (κ1) is 46.7. The molecule has 10 rings (SSSR count). The third-order valence-corrected chi connectivity index (χ3v) is 13.9. The Morgan fingerprint density at radius 2 is 1.03 bits per heavy atom. The normalized spacial score (nSPS) is 13.2. The molecule has 3 heterocycles. The average molecular weight is 1070 g/mol. The van der Waals surface area contributed by atoms with Gasteiger partial charge in [0.2, 0.25) is 0 Å². The van der Waals surface area contributed by atoms with Crippen LogP contribution in [0.1, 0.15) is 103 Å². The van der Waals surface area contributed by atoms with E-state index in [0.717, 1.165) is 50.4 Å². The number of aromatic nitrogens is 2. The summed E-state index contributed by atoms with van der Waals surface area (Å²) in [6, 6.07) is 65.9. The summed E-state index contributed by atoms with van der Waals surface area (Å²) in [5, 5.41) is 2.20. The second-order valence-electron chi connectivity index (χ2n) is 21.2. The molecule has 0 spiro atoms. The third-order valence-electron chi connectivity index (χ3n) is 13.9. The van der Waals surface area contributed by atoms with E-state index in [2.05, 4.69) is 248 Å². The van der Waals surface area contributed by atoms with E-state index < -0.39 is 0 Å². The average Bonchev–Trinajstić information content (AvgIpc) is 3.87. The van der Waals surface area contributed by atoms with E-state index in [1.807, 2.05) is 24.4 Å². The van der Waals surface area contributed by atoms with E-state index >= 15 is 0 Å². The van der Waals surface area contributed by atoms with Gasteiger partial charge >= 0.3 is 0 Å². The zero-order chi connectivity index (χ0) is 46.9. The Kier molecular flexibility index (Phi) is 12.1. The summed E-state index contributed by atoms with van der Waals surface area (Å²) in [7, 11) is 0. The number of pyridine rings is 1. The van der Waals surface area contributed by atoms with Crippen molar-refractivity contribution in [2.24, 2.45) is 0 Å². The van der Waals surface area contributed by atoms with Crippen molar-refractivity contribution in [3.05, 3.63) is 222 Å². The van der Waals surface area contributed by atoms with E-state index in [1.54, 1.807) is 0 Å². The molecule has 0 fully saturated rings. The van der Waals surface area contributed by atoms with Crippen molar-refractivity contribution in [3.63, 3.8) is 0 Å². The summed E-state index contributed by atoms with van der Waals surface area (Å²) < 4.78 is 9.01. The molecule has 0 saturated heterocycles. The fourth-order valence-corrected chi connectivity index (χ4v) is 9.46. The van der Waals surface area contributed by atoms with Crippen LogP contribution in [0.5, 0.6) is 11.5 Å². The van der Waals surface area contributed by atoms with Crippen molar-refractivity contribution in [1.29, 1.82) is 0 Å². The van der Waals surface area contributed by atoms with Gasteiger partial charge in [-0.25, -0.2) is 4.98 Å². The summed E-state index contributed by atoms with van der Waals surface area (Å²) >= 11 is 0. The Balaban J connectivity index is 0.00000578. The minimum atomic E-state index is -0.257. The molecule has 1 aliphatic rings. The summed E-state index contributed by atoms with van der Waals surface area (Å²) in [6.45, 7) is 25.0. The zero-order valence-corrected chi connectivity index (χ0v) is 43.0. The Morgan fingerprint density at radius 3 is 1.65 bits per heavy atom. The van der Waals surface area contributed by atoms with Gasteiger partial charge in [0.05, 0.1) is 0 Å². The van der Waals surface area contributed by atoms with Gasteiger partial charge in [0.1, 0.15) is 5.82 Å². The molecular formula is C62H59N4OPt-3. The number of nitrogens with zero attached hydrogens (tertiary/aromatic N) is 4. The predicted molar refractivity (Wildman–Crippen MR) is 279 cm³/mol. The molecule has 0 bridgehead atoms. The predicted octanol–water partition coefficient (Wildman–Crippen LogP) is 16.2. The summed E-state index contributed by atoms with van der Waals surface area (Å²) in [4.78, 5) is 9.58. The summed E-state index contributed by atoms with van der Waals surface area (Å²) in [5.41, 5.74) is 13.2. The van der Waals surface area contributed by atoms with Crippen LogP contribution in [0.15, 0.2) is 170 Å². The number of anilines is 4. The zero-order valence-electron chi connectivity index (χ0n) is 40.8. The first-order valence-electron chi connectivity index (χ1n) is 23.4. The second kappa shape index (κ2) is 17.6. The molecule has 0 unspecified atom stereocenters. The van der Waals surface area contributed by atoms with Crippen molar-refractivity contribution in [3.8, 4) is 17.3 Å². The molecular weight excluding hydrogens is 1010 g/mol. The molecule has 0 saturated carbocycles. The van der Waals surface area contributed by atoms with E-state index in [-0.39, 0.29) is 42.7 Å². The Bertz CT molecular complexity index is 3250. The molecule has 346 valence electrons. The monoisotopic (exact) mass is 1070 g/mol. The van der Waals surface area contributed by atoms with Gasteiger partial charge in [-0.3, -0.25) is 0 Å². The molecule has 0 amide bonds. The molecule has 0 aliphatic carbocycles. The number of fused-ring (bicyclic) bond motifs is 4. The van der Waals surface area contributed by atoms with Crippen molar-refractivity contribution >= 4 is 44.6 Å². The van der Waals surface area contributed by atoms with Crippen LogP contribution in [-0.2, 0) is 42.7 Å². The van der Waals surface area contributed by atoms with Crippen LogP contribution in [0.4, 0.5) is 22.7 Å². The maximum Gasteiger partial charge on any atom is 0.135 e. The van der Waals surface area contributed by atoms with Crippen LogP contribution in [0.3, 0.4) is 0 Å². The van der Waals surface area contributed by atoms with Crippen LogP contribution in [0, 0.1) is 18.8 Å². The van der Waals surface area contributed by atoms with Crippen LogP contribution in [-0.4, -0.2) is 9.55 Å². The maximum absolute atomic E-state index is 6.75. The standard InChI is InChI=1S/C62H59N4O.Pt/c1-59(2,3)46-34-47(60(4,5)6)36-49(35-46)65-41-64(54-26-17-18-27-55(54)65)48-24-19-25-50(39-48)67-51-29-31-53-52-30-28-44(61(7,8)42-20-13-11-14-21-42)37-56(52)66(57(53)40-51)58-38-45(32-33-63-58)62(9,10)43-22-15-12-16-23-43;/h11-38,41H,1-10H3;/q-3;. The van der Waals surface area contributed by atoms with Gasteiger partial charge in [0, 0.05) is 72.2 Å². The van der Waals surface area contributed by atoms with Gasteiger partial charge in [0.15, 0.2) is 0 Å². The number of benzene rings is 7.